The van der Waals surface area contributed by atoms with Crippen LogP contribution in [0.1, 0.15) is 11.1 Å². The fourth-order valence-corrected chi connectivity index (χ4v) is 2.58. The van der Waals surface area contributed by atoms with Crippen molar-refractivity contribution in [2.45, 2.75) is 13.0 Å². The Bertz CT molecular complexity index is 639. The van der Waals surface area contributed by atoms with Crippen molar-refractivity contribution >= 4 is 5.69 Å². The normalized spacial score (nSPS) is 10.7. The number of benzene rings is 3. The first-order chi connectivity index (χ1) is 11.4. The predicted molar refractivity (Wildman–Crippen MR) is 97.1 cm³/mol. The van der Waals surface area contributed by atoms with Crippen LogP contribution in [-0.2, 0) is 13.0 Å². The molecule has 3 rings (SSSR count). The van der Waals surface area contributed by atoms with Gasteiger partial charge < -0.3 is 5.43 Å². The first-order valence-corrected chi connectivity index (χ1v) is 8.05. The second-order valence-corrected chi connectivity index (χ2v) is 5.62. The number of rotatable bonds is 7. The van der Waals surface area contributed by atoms with E-state index in [1.165, 1.54) is 11.1 Å². The molecule has 0 aliphatic carbocycles. The molecule has 0 aliphatic rings. The van der Waals surface area contributed by atoms with Gasteiger partial charge in [0.2, 0.25) is 0 Å². The highest BCUT2D eigenvalue weighted by molar-refractivity contribution is 5.41. The molecule has 0 radical (unpaired) electrons. The summed E-state index contributed by atoms with van der Waals surface area (Å²) in [6.07, 6.45) is 1.02. The highest BCUT2D eigenvalue weighted by Gasteiger charge is 2.06. The molecule has 1 N–H and O–H groups in total. The van der Waals surface area contributed by atoms with E-state index in [2.05, 4.69) is 95.4 Å². The Morgan fingerprint density at radius 1 is 0.609 bits per heavy atom. The lowest BCUT2D eigenvalue weighted by atomic mass is 10.1. The molecule has 0 bridgehead atoms. The molecule has 0 spiro atoms. The van der Waals surface area contributed by atoms with Crippen molar-refractivity contribution in [2.75, 3.05) is 12.0 Å². The molecular formula is C21H22N2. The summed E-state index contributed by atoms with van der Waals surface area (Å²) in [6.45, 7) is 1.83. The summed E-state index contributed by atoms with van der Waals surface area (Å²) >= 11 is 0. The van der Waals surface area contributed by atoms with Crippen molar-refractivity contribution in [1.29, 1.82) is 0 Å². The number of anilines is 1. The third kappa shape index (κ3) is 4.97. The van der Waals surface area contributed by atoms with Crippen LogP contribution in [0.4, 0.5) is 5.69 Å². The lowest BCUT2D eigenvalue weighted by molar-refractivity contribution is 0.326. The molecule has 0 aromatic heterocycles. The second-order valence-electron chi connectivity index (χ2n) is 5.62. The molecule has 0 unspecified atom stereocenters. The number of hydrazine groups is 1. The second kappa shape index (κ2) is 8.16. The quantitative estimate of drug-likeness (QED) is 0.633. The van der Waals surface area contributed by atoms with Gasteiger partial charge in [0.05, 0.1) is 0 Å². The Balaban J connectivity index is 1.67. The zero-order valence-electron chi connectivity index (χ0n) is 13.2. The van der Waals surface area contributed by atoms with Crippen LogP contribution in [0.25, 0.3) is 0 Å². The van der Waals surface area contributed by atoms with Crippen molar-refractivity contribution < 1.29 is 0 Å². The minimum Gasteiger partial charge on any atom is -0.319 e. The smallest absolute Gasteiger partial charge is 0.0490 e. The molecule has 0 atom stereocenters. The molecule has 23 heavy (non-hydrogen) atoms. The van der Waals surface area contributed by atoms with Crippen LogP contribution in [0.15, 0.2) is 91.0 Å². The van der Waals surface area contributed by atoms with E-state index in [4.69, 9.17) is 0 Å². The molecule has 0 amide bonds. The Hall–Kier alpha value is -2.58. The van der Waals surface area contributed by atoms with E-state index in [1.54, 1.807) is 0 Å². The zero-order chi connectivity index (χ0) is 15.7. The number of hydrogen-bond acceptors (Lipinski definition) is 2. The average molecular weight is 302 g/mol. The predicted octanol–water partition coefficient (Wildman–Crippen LogP) is 4.76. The van der Waals surface area contributed by atoms with E-state index in [1.807, 2.05) is 6.07 Å². The van der Waals surface area contributed by atoms with Crippen molar-refractivity contribution in [1.82, 2.24) is 5.01 Å². The molecule has 0 saturated carbocycles. The molecule has 0 saturated heterocycles. The summed E-state index contributed by atoms with van der Waals surface area (Å²) in [6, 6.07) is 31.5. The molecule has 0 aliphatic heterocycles. The van der Waals surface area contributed by atoms with Crippen LogP contribution in [0, 0.1) is 0 Å². The lowest BCUT2D eigenvalue weighted by Crippen LogP contribution is -2.31. The van der Waals surface area contributed by atoms with Gasteiger partial charge in [0.15, 0.2) is 0 Å². The zero-order valence-corrected chi connectivity index (χ0v) is 13.2. The van der Waals surface area contributed by atoms with Gasteiger partial charge in [-0.25, -0.2) is 5.01 Å². The van der Waals surface area contributed by atoms with Crippen LogP contribution in [0.2, 0.25) is 0 Å². The summed E-state index contributed by atoms with van der Waals surface area (Å²) in [5, 5.41) is 2.28. The molecule has 0 heterocycles. The van der Waals surface area contributed by atoms with Gasteiger partial charge in [0.1, 0.15) is 0 Å². The topological polar surface area (TPSA) is 15.3 Å². The minimum atomic E-state index is 0.878. The summed E-state index contributed by atoms with van der Waals surface area (Å²) in [5.74, 6) is 0. The third-order valence-corrected chi connectivity index (χ3v) is 3.79. The fraction of sp³-hybridized carbons (Fsp3) is 0.143. The highest BCUT2D eigenvalue weighted by Crippen LogP contribution is 2.11. The van der Waals surface area contributed by atoms with Gasteiger partial charge in [-0.2, -0.15) is 0 Å². The largest absolute Gasteiger partial charge is 0.319 e. The van der Waals surface area contributed by atoms with Gasteiger partial charge in [-0.15, -0.1) is 0 Å². The standard InChI is InChI=1S/C21H22N2/c1-4-10-19(11-5-1)16-17-23(18-20-12-6-2-7-13-20)22-21-14-8-3-9-15-21/h1-15,22H,16-18H2. The number of nitrogens with zero attached hydrogens (tertiary/aromatic N) is 1. The number of para-hydroxylation sites is 1. The van der Waals surface area contributed by atoms with Crippen molar-refractivity contribution in [2.24, 2.45) is 0 Å². The molecule has 3 aromatic rings. The Morgan fingerprint density at radius 2 is 1.13 bits per heavy atom. The highest BCUT2D eigenvalue weighted by atomic mass is 15.5. The number of hydrogen-bond donors (Lipinski definition) is 1. The monoisotopic (exact) mass is 302 g/mol. The maximum absolute atomic E-state index is 3.53. The first kappa shape index (κ1) is 15.3. The summed E-state index contributed by atoms with van der Waals surface area (Å²) in [5.41, 5.74) is 7.32. The van der Waals surface area contributed by atoms with E-state index in [0.29, 0.717) is 0 Å². The first-order valence-electron chi connectivity index (χ1n) is 8.05. The third-order valence-electron chi connectivity index (χ3n) is 3.79. The van der Waals surface area contributed by atoms with E-state index >= 15 is 0 Å². The van der Waals surface area contributed by atoms with Crippen LogP contribution in [0.5, 0.6) is 0 Å². The lowest BCUT2D eigenvalue weighted by Gasteiger charge is -2.24. The molecular weight excluding hydrogens is 280 g/mol. The van der Waals surface area contributed by atoms with E-state index in [0.717, 1.165) is 25.2 Å². The Morgan fingerprint density at radius 3 is 1.74 bits per heavy atom. The van der Waals surface area contributed by atoms with Crippen LogP contribution < -0.4 is 5.43 Å². The van der Waals surface area contributed by atoms with Crippen molar-refractivity contribution in [3.05, 3.63) is 102 Å². The maximum atomic E-state index is 3.53. The van der Waals surface area contributed by atoms with Crippen molar-refractivity contribution in [3.8, 4) is 0 Å². The molecule has 2 nitrogen and oxygen atoms in total. The van der Waals surface area contributed by atoms with Gasteiger partial charge in [0, 0.05) is 18.8 Å². The van der Waals surface area contributed by atoms with Gasteiger partial charge in [-0.05, 0) is 29.7 Å². The van der Waals surface area contributed by atoms with Crippen LogP contribution >= 0.6 is 0 Å². The van der Waals surface area contributed by atoms with Gasteiger partial charge in [-0.1, -0.05) is 78.9 Å². The summed E-state index contributed by atoms with van der Waals surface area (Å²) in [7, 11) is 0. The maximum Gasteiger partial charge on any atom is 0.0490 e. The van der Waals surface area contributed by atoms with E-state index < -0.39 is 0 Å². The fourth-order valence-electron chi connectivity index (χ4n) is 2.58. The Labute approximate surface area is 138 Å². The molecule has 0 fully saturated rings. The average Bonchev–Trinajstić information content (AvgIpc) is 2.62. The van der Waals surface area contributed by atoms with Crippen LogP contribution in [-0.4, -0.2) is 11.6 Å². The van der Waals surface area contributed by atoms with Gasteiger partial charge in [0.25, 0.3) is 0 Å². The summed E-state index contributed by atoms with van der Waals surface area (Å²) < 4.78 is 0. The van der Waals surface area contributed by atoms with E-state index in [9.17, 15) is 0 Å². The molecule has 2 heteroatoms. The SMILES string of the molecule is c1ccc(CCN(Cc2ccccc2)Nc2ccccc2)cc1. The van der Waals surface area contributed by atoms with Crippen LogP contribution in [0.3, 0.4) is 0 Å². The van der Waals surface area contributed by atoms with Gasteiger partial charge in [-0.3, -0.25) is 0 Å². The van der Waals surface area contributed by atoms with Crippen molar-refractivity contribution in [3.63, 3.8) is 0 Å². The number of nitrogens with one attached hydrogen (secondary N) is 1. The molecule has 3 aromatic carbocycles. The van der Waals surface area contributed by atoms with Gasteiger partial charge >= 0.3 is 0 Å². The summed E-state index contributed by atoms with van der Waals surface area (Å²) in [4.78, 5) is 0. The van der Waals surface area contributed by atoms with E-state index in [-0.39, 0.29) is 0 Å². The Kier molecular flexibility index (Phi) is 5.43. The minimum absolute atomic E-state index is 0.878. The molecule has 116 valence electrons.